The van der Waals surface area contributed by atoms with Gasteiger partial charge >= 0.3 is 0 Å². The zero-order valence-corrected chi connectivity index (χ0v) is 10.5. The third kappa shape index (κ3) is 1.66. The summed E-state index contributed by atoms with van der Waals surface area (Å²) in [6.07, 6.45) is 0. The predicted molar refractivity (Wildman–Crippen MR) is 75.0 cm³/mol. The van der Waals surface area contributed by atoms with E-state index in [2.05, 4.69) is 48.3 Å². The van der Waals surface area contributed by atoms with Crippen LogP contribution in [0.2, 0.25) is 0 Å². The van der Waals surface area contributed by atoms with Crippen molar-refractivity contribution < 1.29 is 4.74 Å². The van der Waals surface area contributed by atoms with Gasteiger partial charge in [0.05, 0.1) is 12.6 Å². The first-order valence-corrected chi connectivity index (χ1v) is 6.01. The molecule has 0 aliphatic carbocycles. The highest BCUT2D eigenvalue weighted by molar-refractivity contribution is 5.90. The summed E-state index contributed by atoms with van der Waals surface area (Å²) < 4.78 is 5.38. The monoisotopic (exact) mass is 237 g/mol. The molecule has 0 aliphatic heterocycles. The molecule has 0 radical (unpaired) electrons. The fourth-order valence-electron chi connectivity index (χ4n) is 2.32. The van der Waals surface area contributed by atoms with Crippen molar-refractivity contribution in [1.29, 1.82) is 0 Å². The third-order valence-electron chi connectivity index (χ3n) is 3.27. The van der Waals surface area contributed by atoms with Gasteiger partial charge in [0, 0.05) is 16.6 Å². The van der Waals surface area contributed by atoms with Crippen LogP contribution in [-0.4, -0.2) is 12.1 Å². The SMILES string of the molecule is COc1cccc2cc(-c3ccccc3C)[nH]c12. The van der Waals surface area contributed by atoms with E-state index in [4.69, 9.17) is 4.74 Å². The number of aryl methyl sites for hydroxylation is 1. The van der Waals surface area contributed by atoms with Crippen molar-refractivity contribution in [3.63, 3.8) is 0 Å². The van der Waals surface area contributed by atoms with Gasteiger partial charge in [-0.05, 0) is 24.6 Å². The van der Waals surface area contributed by atoms with Gasteiger partial charge in [0.1, 0.15) is 5.75 Å². The fraction of sp³-hybridized carbons (Fsp3) is 0.125. The van der Waals surface area contributed by atoms with Crippen LogP contribution in [0.4, 0.5) is 0 Å². The molecule has 3 aromatic rings. The van der Waals surface area contributed by atoms with E-state index in [1.807, 2.05) is 12.1 Å². The van der Waals surface area contributed by atoms with Gasteiger partial charge in [-0.25, -0.2) is 0 Å². The smallest absolute Gasteiger partial charge is 0.142 e. The average Bonchev–Trinajstić information content (AvgIpc) is 2.82. The van der Waals surface area contributed by atoms with E-state index >= 15 is 0 Å². The van der Waals surface area contributed by atoms with Gasteiger partial charge in [0.25, 0.3) is 0 Å². The normalized spacial score (nSPS) is 10.8. The Labute approximate surface area is 106 Å². The minimum Gasteiger partial charge on any atom is -0.495 e. The maximum Gasteiger partial charge on any atom is 0.142 e. The number of H-pyrrole nitrogens is 1. The Bertz CT molecular complexity index is 697. The number of benzene rings is 2. The van der Waals surface area contributed by atoms with E-state index < -0.39 is 0 Å². The van der Waals surface area contributed by atoms with Crippen molar-refractivity contribution >= 4 is 10.9 Å². The maximum atomic E-state index is 5.38. The third-order valence-corrected chi connectivity index (χ3v) is 3.27. The summed E-state index contributed by atoms with van der Waals surface area (Å²) in [5.74, 6) is 0.882. The predicted octanol–water partition coefficient (Wildman–Crippen LogP) is 4.15. The molecule has 2 heteroatoms. The quantitative estimate of drug-likeness (QED) is 0.711. The van der Waals surface area contributed by atoms with Crippen LogP contribution in [0.1, 0.15) is 5.56 Å². The van der Waals surface area contributed by atoms with Crippen molar-refractivity contribution in [3.8, 4) is 17.0 Å². The van der Waals surface area contributed by atoms with Crippen LogP contribution in [-0.2, 0) is 0 Å². The summed E-state index contributed by atoms with van der Waals surface area (Å²) in [6, 6.07) is 16.6. The molecule has 0 spiro atoms. The van der Waals surface area contributed by atoms with Crippen LogP contribution in [0.15, 0.2) is 48.5 Å². The van der Waals surface area contributed by atoms with E-state index in [1.165, 1.54) is 16.5 Å². The molecule has 1 aromatic heterocycles. The summed E-state index contributed by atoms with van der Waals surface area (Å²) in [5.41, 5.74) is 4.68. The number of aromatic amines is 1. The second kappa shape index (κ2) is 4.22. The standard InChI is InChI=1S/C16H15NO/c1-11-6-3-4-8-13(11)14-10-12-7-5-9-15(18-2)16(12)17-14/h3-10,17H,1-2H3. The molecule has 2 aromatic carbocycles. The van der Waals surface area contributed by atoms with Gasteiger partial charge in [-0.2, -0.15) is 0 Å². The Kier molecular flexibility index (Phi) is 2.56. The number of rotatable bonds is 2. The van der Waals surface area contributed by atoms with E-state index in [1.54, 1.807) is 7.11 Å². The molecule has 1 heterocycles. The summed E-state index contributed by atoms with van der Waals surface area (Å²) in [4.78, 5) is 3.45. The lowest BCUT2D eigenvalue weighted by atomic mass is 10.1. The van der Waals surface area contributed by atoms with Crippen LogP contribution in [0.5, 0.6) is 5.75 Å². The highest BCUT2D eigenvalue weighted by atomic mass is 16.5. The Morgan fingerprint density at radius 1 is 1.00 bits per heavy atom. The molecule has 3 rings (SSSR count). The van der Waals surface area contributed by atoms with Gasteiger partial charge in [-0.1, -0.05) is 36.4 Å². The lowest BCUT2D eigenvalue weighted by Gasteiger charge is -2.02. The van der Waals surface area contributed by atoms with E-state index in [-0.39, 0.29) is 0 Å². The minimum atomic E-state index is 0.882. The Morgan fingerprint density at radius 3 is 2.61 bits per heavy atom. The summed E-state index contributed by atoms with van der Waals surface area (Å²) in [6.45, 7) is 2.12. The van der Waals surface area contributed by atoms with Crippen LogP contribution >= 0.6 is 0 Å². The summed E-state index contributed by atoms with van der Waals surface area (Å²) in [5, 5.41) is 1.17. The molecular weight excluding hydrogens is 222 g/mol. The second-order valence-electron chi connectivity index (χ2n) is 4.42. The first-order valence-electron chi connectivity index (χ1n) is 6.01. The van der Waals surface area contributed by atoms with Gasteiger partial charge in [-0.3, -0.25) is 0 Å². The topological polar surface area (TPSA) is 25.0 Å². The molecular formula is C16H15NO. The zero-order chi connectivity index (χ0) is 12.5. The lowest BCUT2D eigenvalue weighted by Crippen LogP contribution is -1.84. The molecule has 2 nitrogen and oxygen atoms in total. The molecule has 0 aliphatic rings. The number of para-hydroxylation sites is 1. The molecule has 0 saturated carbocycles. The number of aromatic nitrogens is 1. The first-order chi connectivity index (χ1) is 8.79. The fourth-order valence-corrected chi connectivity index (χ4v) is 2.32. The molecule has 90 valence electrons. The summed E-state index contributed by atoms with van der Waals surface area (Å²) >= 11 is 0. The number of hydrogen-bond donors (Lipinski definition) is 1. The molecule has 0 saturated heterocycles. The Hall–Kier alpha value is -2.22. The number of hydrogen-bond acceptors (Lipinski definition) is 1. The van der Waals surface area contributed by atoms with E-state index in [9.17, 15) is 0 Å². The largest absolute Gasteiger partial charge is 0.495 e. The van der Waals surface area contributed by atoms with Crippen molar-refractivity contribution in [3.05, 3.63) is 54.1 Å². The van der Waals surface area contributed by atoms with E-state index in [0.717, 1.165) is 17.0 Å². The zero-order valence-electron chi connectivity index (χ0n) is 10.5. The lowest BCUT2D eigenvalue weighted by molar-refractivity contribution is 0.419. The number of methoxy groups -OCH3 is 1. The Balaban J connectivity index is 2.23. The van der Waals surface area contributed by atoms with Crippen molar-refractivity contribution in [2.75, 3.05) is 7.11 Å². The molecule has 18 heavy (non-hydrogen) atoms. The van der Waals surface area contributed by atoms with Gasteiger partial charge < -0.3 is 9.72 Å². The van der Waals surface area contributed by atoms with Gasteiger partial charge in [0.15, 0.2) is 0 Å². The van der Waals surface area contributed by atoms with Crippen LogP contribution in [0, 0.1) is 6.92 Å². The number of fused-ring (bicyclic) bond motifs is 1. The maximum absolute atomic E-state index is 5.38. The highest BCUT2D eigenvalue weighted by Crippen LogP contribution is 2.30. The van der Waals surface area contributed by atoms with Gasteiger partial charge in [0.2, 0.25) is 0 Å². The van der Waals surface area contributed by atoms with Crippen molar-refractivity contribution in [1.82, 2.24) is 4.98 Å². The molecule has 0 bridgehead atoms. The van der Waals surface area contributed by atoms with Crippen LogP contribution < -0.4 is 4.74 Å². The molecule has 0 atom stereocenters. The van der Waals surface area contributed by atoms with Gasteiger partial charge in [-0.15, -0.1) is 0 Å². The molecule has 0 fully saturated rings. The van der Waals surface area contributed by atoms with Crippen molar-refractivity contribution in [2.45, 2.75) is 6.92 Å². The second-order valence-corrected chi connectivity index (χ2v) is 4.42. The minimum absolute atomic E-state index is 0.882. The van der Waals surface area contributed by atoms with Crippen molar-refractivity contribution in [2.24, 2.45) is 0 Å². The Morgan fingerprint density at radius 2 is 1.83 bits per heavy atom. The number of nitrogens with one attached hydrogen (secondary N) is 1. The van der Waals surface area contributed by atoms with Crippen LogP contribution in [0.3, 0.4) is 0 Å². The molecule has 0 amide bonds. The highest BCUT2D eigenvalue weighted by Gasteiger charge is 2.08. The van der Waals surface area contributed by atoms with E-state index in [0.29, 0.717) is 0 Å². The molecule has 1 N–H and O–H groups in total. The molecule has 0 unspecified atom stereocenters. The average molecular weight is 237 g/mol. The number of ether oxygens (including phenoxy) is 1. The van der Waals surface area contributed by atoms with Crippen LogP contribution in [0.25, 0.3) is 22.2 Å². The summed E-state index contributed by atoms with van der Waals surface area (Å²) in [7, 11) is 1.70. The first kappa shape index (κ1) is 10.9.